The Morgan fingerprint density at radius 2 is 1.45 bits per heavy atom. The number of methoxy groups -OCH3 is 1. The molecule has 3 aromatic carbocycles. The molecule has 0 aliphatic carbocycles. The third-order valence-corrected chi connectivity index (χ3v) is 5.16. The van der Waals surface area contributed by atoms with E-state index in [4.69, 9.17) is 14.2 Å². The molecule has 0 N–H and O–H groups in total. The summed E-state index contributed by atoms with van der Waals surface area (Å²) in [5.41, 5.74) is 0.785. The van der Waals surface area contributed by atoms with E-state index in [0.717, 1.165) is 15.4 Å². The van der Waals surface area contributed by atoms with Crippen LogP contribution in [0.5, 0.6) is 23.0 Å². The normalized spacial score (nSPS) is 11.1. The molecule has 0 spiro atoms. The molecule has 3 aromatic rings. The predicted octanol–water partition coefficient (Wildman–Crippen LogP) is 6.64. The Morgan fingerprint density at radius 3 is 2.03 bits per heavy atom. The SMILES string of the molecule is CCOc1cc(CC(=O)OC)cc(Sc2ccc(Oc3ccc(OC(F)(F)F)cc3)cc2)c1. The molecule has 0 atom stereocenters. The van der Waals surface area contributed by atoms with Crippen LogP contribution in [0.2, 0.25) is 0 Å². The molecule has 0 amide bonds. The van der Waals surface area contributed by atoms with Crippen LogP contribution < -0.4 is 14.2 Å². The molecule has 0 radical (unpaired) electrons. The van der Waals surface area contributed by atoms with Crippen molar-refractivity contribution in [3.63, 3.8) is 0 Å². The van der Waals surface area contributed by atoms with E-state index in [2.05, 4.69) is 4.74 Å². The predicted molar refractivity (Wildman–Crippen MR) is 117 cm³/mol. The molecule has 9 heteroatoms. The third-order valence-electron chi connectivity index (χ3n) is 4.18. The molecule has 33 heavy (non-hydrogen) atoms. The molecule has 0 fully saturated rings. The van der Waals surface area contributed by atoms with E-state index in [1.165, 1.54) is 43.1 Å². The van der Waals surface area contributed by atoms with Crippen LogP contribution in [0.1, 0.15) is 12.5 Å². The van der Waals surface area contributed by atoms with E-state index in [1.807, 2.05) is 37.3 Å². The van der Waals surface area contributed by atoms with Gasteiger partial charge in [-0.05, 0) is 79.2 Å². The van der Waals surface area contributed by atoms with E-state index < -0.39 is 6.36 Å². The van der Waals surface area contributed by atoms with Gasteiger partial charge in [0.25, 0.3) is 0 Å². The Bertz CT molecular complexity index is 1070. The molecule has 0 aromatic heterocycles. The second-order valence-corrected chi connectivity index (χ2v) is 7.84. The van der Waals surface area contributed by atoms with Crippen molar-refractivity contribution in [2.24, 2.45) is 0 Å². The summed E-state index contributed by atoms with van der Waals surface area (Å²) < 4.78 is 56.6. The van der Waals surface area contributed by atoms with Crippen molar-refractivity contribution >= 4 is 17.7 Å². The lowest BCUT2D eigenvalue weighted by Crippen LogP contribution is -2.16. The number of alkyl halides is 3. The smallest absolute Gasteiger partial charge is 0.494 e. The van der Waals surface area contributed by atoms with Crippen molar-refractivity contribution in [3.05, 3.63) is 72.3 Å². The zero-order valence-electron chi connectivity index (χ0n) is 17.8. The minimum absolute atomic E-state index is 0.143. The van der Waals surface area contributed by atoms with E-state index >= 15 is 0 Å². The second kappa shape index (κ2) is 11.0. The molecular formula is C24H21F3O5S. The highest BCUT2D eigenvalue weighted by Crippen LogP contribution is 2.34. The summed E-state index contributed by atoms with van der Waals surface area (Å²) in [5, 5.41) is 0. The second-order valence-electron chi connectivity index (χ2n) is 6.69. The van der Waals surface area contributed by atoms with Gasteiger partial charge < -0.3 is 18.9 Å². The number of halogens is 3. The monoisotopic (exact) mass is 478 g/mol. The van der Waals surface area contributed by atoms with Crippen LogP contribution in [-0.4, -0.2) is 26.0 Å². The third kappa shape index (κ3) is 7.94. The number of hydrogen-bond donors (Lipinski definition) is 0. The maximum Gasteiger partial charge on any atom is 0.573 e. The largest absolute Gasteiger partial charge is 0.573 e. The highest BCUT2D eigenvalue weighted by molar-refractivity contribution is 7.99. The molecule has 3 rings (SSSR count). The molecule has 0 aliphatic heterocycles. The first-order valence-corrected chi connectivity index (χ1v) is 10.7. The van der Waals surface area contributed by atoms with Gasteiger partial charge in [0.15, 0.2) is 0 Å². The van der Waals surface area contributed by atoms with Crippen molar-refractivity contribution in [1.82, 2.24) is 0 Å². The molecule has 0 heterocycles. The van der Waals surface area contributed by atoms with Gasteiger partial charge in [0.05, 0.1) is 20.1 Å². The maximum absolute atomic E-state index is 12.3. The quantitative estimate of drug-likeness (QED) is 0.321. The molecule has 5 nitrogen and oxygen atoms in total. The molecule has 0 saturated heterocycles. The number of esters is 1. The van der Waals surface area contributed by atoms with Gasteiger partial charge in [-0.3, -0.25) is 4.79 Å². The fourth-order valence-corrected chi connectivity index (χ4v) is 3.77. The van der Waals surface area contributed by atoms with E-state index in [9.17, 15) is 18.0 Å². The van der Waals surface area contributed by atoms with Crippen LogP contribution in [0.4, 0.5) is 13.2 Å². The maximum atomic E-state index is 12.3. The Morgan fingerprint density at radius 1 is 0.848 bits per heavy atom. The zero-order chi connectivity index (χ0) is 23.8. The molecule has 0 aliphatic rings. The van der Waals surface area contributed by atoms with Crippen molar-refractivity contribution in [1.29, 1.82) is 0 Å². The van der Waals surface area contributed by atoms with Crippen molar-refractivity contribution < 1.29 is 36.9 Å². The molecule has 0 saturated carbocycles. The average Bonchev–Trinajstić information content (AvgIpc) is 2.75. The summed E-state index contributed by atoms with van der Waals surface area (Å²) >= 11 is 1.49. The van der Waals surface area contributed by atoms with Gasteiger partial charge in [-0.25, -0.2) is 0 Å². The first kappa shape index (κ1) is 24.3. The van der Waals surface area contributed by atoms with Gasteiger partial charge in [0, 0.05) is 9.79 Å². The van der Waals surface area contributed by atoms with Crippen molar-refractivity contribution in [2.45, 2.75) is 29.5 Å². The van der Waals surface area contributed by atoms with Crippen LogP contribution in [0.3, 0.4) is 0 Å². The van der Waals surface area contributed by atoms with Crippen LogP contribution in [0, 0.1) is 0 Å². The zero-order valence-corrected chi connectivity index (χ0v) is 18.7. The summed E-state index contributed by atoms with van der Waals surface area (Å²) in [5.74, 6) is 0.918. The van der Waals surface area contributed by atoms with Crippen molar-refractivity contribution in [3.8, 4) is 23.0 Å². The Balaban J connectivity index is 1.67. The van der Waals surface area contributed by atoms with Gasteiger partial charge in [-0.1, -0.05) is 11.8 Å². The fraction of sp³-hybridized carbons (Fsp3) is 0.208. The van der Waals surface area contributed by atoms with Gasteiger partial charge in [0.1, 0.15) is 23.0 Å². The van der Waals surface area contributed by atoms with E-state index in [-0.39, 0.29) is 18.1 Å². The Hall–Kier alpha value is -3.33. The minimum atomic E-state index is -4.74. The minimum Gasteiger partial charge on any atom is -0.494 e. The summed E-state index contributed by atoms with van der Waals surface area (Å²) in [6, 6.07) is 18.0. The van der Waals surface area contributed by atoms with Gasteiger partial charge in [-0.15, -0.1) is 13.2 Å². The fourth-order valence-electron chi connectivity index (χ4n) is 2.84. The summed E-state index contributed by atoms with van der Waals surface area (Å²) in [6.45, 7) is 2.39. The van der Waals surface area contributed by atoms with Gasteiger partial charge >= 0.3 is 12.3 Å². The van der Waals surface area contributed by atoms with Crippen LogP contribution in [0.25, 0.3) is 0 Å². The molecule has 0 unspecified atom stereocenters. The number of ether oxygens (including phenoxy) is 4. The number of hydrogen-bond acceptors (Lipinski definition) is 6. The number of rotatable bonds is 9. The summed E-state index contributed by atoms with van der Waals surface area (Å²) in [7, 11) is 1.35. The van der Waals surface area contributed by atoms with Crippen LogP contribution >= 0.6 is 11.8 Å². The van der Waals surface area contributed by atoms with Gasteiger partial charge in [0.2, 0.25) is 0 Å². The van der Waals surface area contributed by atoms with Crippen LogP contribution in [-0.2, 0) is 16.0 Å². The summed E-state index contributed by atoms with van der Waals surface area (Å²) in [4.78, 5) is 13.5. The number of benzene rings is 3. The lowest BCUT2D eigenvalue weighted by Gasteiger charge is -2.11. The highest BCUT2D eigenvalue weighted by atomic mass is 32.2. The number of carbonyl (C=O) groups is 1. The first-order chi connectivity index (χ1) is 15.7. The summed E-state index contributed by atoms with van der Waals surface area (Å²) in [6.07, 6.45) is -4.59. The van der Waals surface area contributed by atoms with Crippen LogP contribution in [0.15, 0.2) is 76.5 Å². The molecule has 0 bridgehead atoms. The molecular weight excluding hydrogens is 457 g/mol. The first-order valence-electron chi connectivity index (χ1n) is 9.89. The topological polar surface area (TPSA) is 54.0 Å². The van der Waals surface area contributed by atoms with Crippen molar-refractivity contribution in [2.75, 3.05) is 13.7 Å². The lowest BCUT2D eigenvalue weighted by molar-refractivity contribution is -0.274. The molecule has 174 valence electrons. The Labute approximate surface area is 193 Å². The van der Waals surface area contributed by atoms with E-state index in [0.29, 0.717) is 23.9 Å². The van der Waals surface area contributed by atoms with E-state index in [1.54, 1.807) is 12.1 Å². The average molecular weight is 478 g/mol. The lowest BCUT2D eigenvalue weighted by atomic mass is 10.1. The van der Waals surface area contributed by atoms with Gasteiger partial charge in [-0.2, -0.15) is 0 Å². The Kier molecular flexibility index (Phi) is 8.11. The standard InChI is InChI=1S/C24H21F3O5S/c1-3-30-20-12-16(14-23(28)29-2)13-22(15-20)33-21-10-8-18(9-11-21)31-17-4-6-19(7-5-17)32-24(25,26)27/h4-13,15H,3,14H2,1-2H3. The highest BCUT2D eigenvalue weighted by Gasteiger charge is 2.31. The number of carbonyl (C=O) groups excluding carboxylic acids is 1.